The van der Waals surface area contributed by atoms with Gasteiger partial charge in [0.05, 0.1) is 16.6 Å². The highest BCUT2D eigenvalue weighted by molar-refractivity contribution is 6.31. The fourth-order valence-electron chi connectivity index (χ4n) is 2.92. The van der Waals surface area contributed by atoms with Gasteiger partial charge in [0.1, 0.15) is 11.4 Å². The number of halogens is 2. The second-order valence-corrected chi connectivity index (χ2v) is 6.90. The Bertz CT molecular complexity index is 808. The summed E-state index contributed by atoms with van der Waals surface area (Å²) in [6.45, 7) is 3.87. The lowest BCUT2D eigenvalue weighted by Gasteiger charge is -2.38. The molecule has 0 bridgehead atoms. The lowest BCUT2D eigenvalue weighted by molar-refractivity contribution is 0.0619. The van der Waals surface area contributed by atoms with Crippen molar-refractivity contribution in [1.29, 1.82) is 0 Å². The van der Waals surface area contributed by atoms with Gasteiger partial charge in [-0.3, -0.25) is 4.79 Å². The van der Waals surface area contributed by atoms with E-state index in [1.807, 2.05) is 13.8 Å². The molecule has 0 spiro atoms. The Morgan fingerprint density at radius 3 is 2.88 bits per heavy atom. The fraction of sp³-hybridized carbons (Fsp3) is 0.278. The number of hydrogen-bond acceptors (Lipinski definition) is 3. The third-order valence-corrected chi connectivity index (χ3v) is 4.28. The van der Waals surface area contributed by atoms with Gasteiger partial charge in [0.2, 0.25) is 0 Å². The zero-order valence-electron chi connectivity index (χ0n) is 13.4. The Hall–Kier alpha value is -2.27. The number of rotatable bonds is 2. The first-order chi connectivity index (χ1) is 11.3. The van der Waals surface area contributed by atoms with Crippen LogP contribution in [0.1, 0.15) is 42.2 Å². The van der Waals surface area contributed by atoms with Crippen molar-refractivity contribution in [2.75, 3.05) is 5.73 Å². The quantitative estimate of drug-likeness (QED) is 0.803. The van der Waals surface area contributed by atoms with Crippen LogP contribution in [0.4, 0.5) is 10.1 Å². The van der Waals surface area contributed by atoms with Crippen LogP contribution in [0.2, 0.25) is 5.02 Å². The molecule has 3 N–H and O–H groups in total. The first-order valence-electron chi connectivity index (χ1n) is 7.60. The molecule has 6 heteroatoms. The first kappa shape index (κ1) is 16.6. The van der Waals surface area contributed by atoms with E-state index < -0.39 is 17.3 Å². The minimum absolute atomic E-state index is 0.0837. The summed E-state index contributed by atoms with van der Waals surface area (Å²) in [6, 6.07) is 9.31. The van der Waals surface area contributed by atoms with Crippen molar-refractivity contribution in [1.82, 2.24) is 5.32 Å². The summed E-state index contributed by atoms with van der Waals surface area (Å²) in [5, 5.41) is 2.79. The molecule has 126 valence electrons. The molecule has 1 aliphatic rings. The Balaban J connectivity index is 1.93. The number of fused-ring (bicyclic) bond motifs is 1. The van der Waals surface area contributed by atoms with E-state index in [0.29, 0.717) is 17.9 Å². The number of carbonyl (C=O) groups is 1. The van der Waals surface area contributed by atoms with Gasteiger partial charge in [-0.25, -0.2) is 4.39 Å². The summed E-state index contributed by atoms with van der Waals surface area (Å²) in [7, 11) is 0. The van der Waals surface area contributed by atoms with E-state index in [0.717, 1.165) is 5.56 Å². The fourth-order valence-corrected chi connectivity index (χ4v) is 3.09. The monoisotopic (exact) mass is 348 g/mol. The highest BCUT2D eigenvalue weighted by Gasteiger charge is 2.35. The maximum atomic E-state index is 14.1. The first-order valence-corrected chi connectivity index (χ1v) is 7.98. The van der Waals surface area contributed by atoms with Crippen LogP contribution in [0, 0.1) is 5.82 Å². The SMILES string of the molecule is CC1(C)CC(NC(=O)c2cccc(Cl)c2F)c2cc(N)ccc2O1. The van der Waals surface area contributed by atoms with Crippen LogP contribution < -0.4 is 15.8 Å². The minimum atomic E-state index is -0.726. The smallest absolute Gasteiger partial charge is 0.254 e. The molecule has 2 aromatic carbocycles. The number of amides is 1. The second kappa shape index (κ2) is 5.98. The van der Waals surface area contributed by atoms with E-state index in [-0.39, 0.29) is 16.6 Å². The Morgan fingerprint density at radius 1 is 1.38 bits per heavy atom. The van der Waals surface area contributed by atoms with Gasteiger partial charge in [0, 0.05) is 17.7 Å². The molecular formula is C18H18ClFN2O2. The van der Waals surface area contributed by atoms with Crippen LogP contribution in [-0.2, 0) is 0 Å². The molecular weight excluding hydrogens is 331 g/mol. The molecule has 0 saturated heterocycles. The van der Waals surface area contributed by atoms with E-state index in [1.165, 1.54) is 12.1 Å². The van der Waals surface area contributed by atoms with Crippen molar-refractivity contribution in [3.63, 3.8) is 0 Å². The van der Waals surface area contributed by atoms with Crippen molar-refractivity contribution in [2.24, 2.45) is 0 Å². The van der Waals surface area contributed by atoms with E-state index in [9.17, 15) is 9.18 Å². The van der Waals surface area contributed by atoms with Crippen LogP contribution in [0.15, 0.2) is 36.4 Å². The average molecular weight is 349 g/mol. The lowest BCUT2D eigenvalue weighted by Crippen LogP contribution is -2.41. The van der Waals surface area contributed by atoms with E-state index in [4.69, 9.17) is 22.1 Å². The second-order valence-electron chi connectivity index (χ2n) is 6.49. The van der Waals surface area contributed by atoms with Crippen LogP contribution in [0.5, 0.6) is 5.75 Å². The average Bonchev–Trinajstić information content (AvgIpc) is 2.50. The normalized spacial score (nSPS) is 18.4. The molecule has 0 saturated carbocycles. The van der Waals surface area contributed by atoms with E-state index in [1.54, 1.807) is 24.3 Å². The summed E-state index contributed by atoms with van der Waals surface area (Å²) in [6.07, 6.45) is 0.539. The number of nitrogen functional groups attached to an aromatic ring is 1. The van der Waals surface area contributed by atoms with Gasteiger partial charge in [-0.05, 0) is 44.2 Å². The topological polar surface area (TPSA) is 64.4 Å². The molecule has 1 heterocycles. The molecule has 0 fully saturated rings. The summed E-state index contributed by atoms with van der Waals surface area (Å²) >= 11 is 5.76. The molecule has 0 aliphatic carbocycles. The summed E-state index contributed by atoms with van der Waals surface area (Å²) < 4.78 is 20.0. The summed E-state index contributed by atoms with van der Waals surface area (Å²) in [5.74, 6) is -0.584. The molecule has 3 rings (SSSR count). The molecule has 1 amide bonds. The van der Waals surface area contributed by atoms with Crippen LogP contribution in [0.3, 0.4) is 0 Å². The Kier molecular flexibility index (Phi) is 4.13. The molecule has 2 aromatic rings. The van der Waals surface area contributed by atoms with Gasteiger partial charge >= 0.3 is 0 Å². The molecule has 0 radical (unpaired) electrons. The van der Waals surface area contributed by atoms with Gasteiger partial charge in [0.15, 0.2) is 5.82 Å². The number of anilines is 1. The zero-order chi connectivity index (χ0) is 17.5. The largest absolute Gasteiger partial charge is 0.487 e. The van der Waals surface area contributed by atoms with Crippen molar-refractivity contribution >= 4 is 23.2 Å². The highest BCUT2D eigenvalue weighted by Crippen LogP contribution is 2.40. The maximum Gasteiger partial charge on any atom is 0.254 e. The van der Waals surface area contributed by atoms with E-state index in [2.05, 4.69) is 5.32 Å². The number of hydrogen-bond donors (Lipinski definition) is 2. The zero-order valence-corrected chi connectivity index (χ0v) is 14.2. The van der Waals surface area contributed by atoms with E-state index >= 15 is 0 Å². The number of nitrogens with one attached hydrogen (secondary N) is 1. The van der Waals surface area contributed by atoms with Crippen LogP contribution in [0.25, 0.3) is 0 Å². The van der Waals surface area contributed by atoms with Crippen molar-refractivity contribution in [3.8, 4) is 5.75 Å². The van der Waals surface area contributed by atoms with Crippen molar-refractivity contribution in [2.45, 2.75) is 31.9 Å². The minimum Gasteiger partial charge on any atom is -0.487 e. The van der Waals surface area contributed by atoms with Crippen LogP contribution in [-0.4, -0.2) is 11.5 Å². The van der Waals surface area contributed by atoms with Crippen molar-refractivity contribution in [3.05, 3.63) is 58.4 Å². The van der Waals surface area contributed by atoms with Gasteiger partial charge in [-0.2, -0.15) is 0 Å². The molecule has 24 heavy (non-hydrogen) atoms. The van der Waals surface area contributed by atoms with Gasteiger partial charge in [-0.1, -0.05) is 17.7 Å². The summed E-state index contributed by atoms with van der Waals surface area (Å²) in [5.41, 5.74) is 6.66. The predicted octanol–water partition coefficient (Wildman–Crippen LogP) is 4.09. The van der Waals surface area contributed by atoms with Gasteiger partial charge in [-0.15, -0.1) is 0 Å². The highest BCUT2D eigenvalue weighted by atomic mass is 35.5. The Labute approximate surface area is 144 Å². The van der Waals surface area contributed by atoms with Crippen molar-refractivity contribution < 1.29 is 13.9 Å². The van der Waals surface area contributed by atoms with Crippen LogP contribution >= 0.6 is 11.6 Å². The summed E-state index contributed by atoms with van der Waals surface area (Å²) in [4.78, 5) is 12.5. The molecule has 1 atom stereocenters. The molecule has 0 aromatic heterocycles. The number of benzene rings is 2. The molecule has 4 nitrogen and oxygen atoms in total. The van der Waals surface area contributed by atoms with Gasteiger partial charge < -0.3 is 15.8 Å². The number of carbonyl (C=O) groups excluding carboxylic acids is 1. The van der Waals surface area contributed by atoms with Gasteiger partial charge in [0.25, 0.3) is 5.91 Å². The standard InChI is InChI=1S/C18H18ClFN2O2/c1-18(2)9-14(12-8-10(21)6-7-15(12)24-18)22-17(23)11-4-3-5-13(19)16(11)20/h3-8,14H,9,21H2,1-2H3,(H,22,23). The molecule has 1 unspecified atom stereocenters. The molecule has 1 aliphatic heterocycles. The Morgan fingerprint density at radius 2 is 2.12 bits per heavy atom. The predicted molar refractivity (Wildman–Crippen MR) is 91.8 cm³/mol. The lowest BCUT2D eigenvalue weighted by atomic mass is 9.89. The maximum absolute atomic E-state index is 14.1. The number of nitrogens with two attached hydrogens (primary N) is 1. The third kappa shape index (κ3) is 3.17. The third-order valence-electron chi connectivity index (χ3n) is 3.99. The number of ether oxygens (including phenoxy) is 1.